The zero-order valence-electron chi connectivity index (χ0n) is 18.6. The number of amides is 1. The van der Waals surface area contributed by atoms with Gasteiger partial charge in [0.2, 0.25) is 0 Å². The molecule has 0 saturated carbocycles. The predicted octanol–water partition coefficient (Wildman–Crippen LogP) is 4.50. The zero-order chi connectivity index (χ0) is 24.5. The second-order valence-corrected chi connectivity index (χ2v) is 7.74. The van der Waals surface area contributed by atoms with Gasteiger partial charge in [0.05, 0.1) is 13.7 Å². The number of methoxy groups -OCH3 is 1. The Kier molecular flexibility index (Phi) is 8.42. The lowest BCUT2D eigenvalue weighted by atomic mass is 10.0. The van der Waals surface area contributed by atoms with Gasteiger partial charge in [0.25, 0.3) is 5.91 Å². The van der Waals surface area contributed by atoms with Crippen LogP contribution < -0.4 is 10.1 Å². The quantitative estimate of drug-likeness (QED) is 0.342. The third-order valence-electron chi connectivity index (χ3n) is 4.57. The molecule has 3 rings (SSSR count). The monoisotopic (exact) mass is 481 g/mol. The van der Waals surface area contributed by atoms with Gasteiger partial charge in [0, 0.05) is 17.0 Å². The van der Waals surface area contributed by atoms with Crippen molar-refractivity contribution in [3.63, 3.8) is 0 Å². The Bertz CT molecular complexity index is 1200. The molecule has 9 heteroatoms. The number of ether oxygens (including phenoxy) is 3. The lowest BCUT2D eigenvalue weighted by Crippen LogP contribution is -2.21. The van der Waals surface area contributed by atoms with E-state index in [9.17, 15) is 19.5 Å². The Labute approximate surface area is 200 Å². The highest BCUT2D eigenvalue weighted by Crippen LogP contribution is 2.36. The van der Waals surface area contributed by atoms with E-state index in [1.807, 2.05) is 30.3 Å². The number of phenolic OH excluding ortho intramolecular Hbond substituents is 1. The minimum Gasteiger partial charge on any atom is -0.504 e. The van der Waals surface area contributed by atoms with Crippen molar-refractivity contribution in [3.05, 3.63) is 71.1 Å². The van der Waals surface area contributed by atoms with Crippen molar-refractivity contribution in [1.29, 1.82) is 0 Å². The van der Waals surface area contributed by atoms with Crippen LogP contribution in [-0.2, 0) is 19.1 Å². The summed E-state index contributed by atoms with van der Waals surface area (Å²) in [6, 6.07) is 13.8. The Morgan fingerprint density at radius 2 is 1.85 bits per heavy atom. The third kappa shape index (κ3) is 6.23. The van der Waals surface area contributed by atoms with Gasteiger partial charge in [0.1, 0.15) is 10.6 Å². The maximum atomic E-state index is 12.6. The molecule has 0 atom stereocenters. The molecule has 2 aromatic carbocycles. The minimum absolute atomic E-state index is 0.0231. The first-order valence-electron chi connectivity index (χ1n) is 10.3. The number of anilines is 1. The highest BCUT2D eigenvalue weighted by Gasteiger charge is 2.23. The number of phenols is 1. The first-order valence-corrected chi connectivity index (χ1v) is 11.2. The summed E-state index contributed by atoms with van der Waals surface area (Å²) in [7, 11) is 1.42. The average Bonchev–Trinajstić information content (AvgIpc) is 3.26. The highest BCUT2D eigenvalue weighted by atomic mass is 32.1. The van der Waals surface area contributed by atoms with E-state index in [1.54, 1.807) is 24.4 Å². The molecule has 1 amide bonds. The van der Waals surface area contributed by atoms with Crippen LogP contribution in [0.3, 0.4) is 0 Å². The maximum absolute atomic E-state index is 12.6. The first kappa shape index (κ1) is 24.5. The van der Waals surface area contributed by atoms with Crippen molar-refractivity contribution in [2.45, 2.75) is 6.92 Å². The van der Waals surface area contributed by atoms with E-state index in [-0.39, 0.29) is 23.7 Å². The van der Waals surface area contributed by atoms with E-state index in [0.29, 0.717) is 16.1 Å². The van der Waals surface area contributed by atoms with Gasteiger partial charge in [-0.05, 0) is 36.3 Å². The molecule has 0 aliphatic heterocycles. The molecule has 176 valence electrons. The van der Waals surface area contributed by atoms with Crippen LogP contribution in [0.4, 0.5) is 5.00 Å². The molecular weight excluding hydrogens is 458 g/mol. The number of carbonyl (C=O) groups is 3. The largest absolute Gasteiger partial charge is 0.504 e. The normalized spacial score (nSPS) is 10.6. The first-order chi connectivity index (χ1) is 16.4. The van der Waals surface area contributed by atoms with E-state index in [4.69, 9.17) is 14.2 Å². The van der Waals surface area contributed by atoms with Crippen LogP contribution in [0.2, 0.25) is 0 Å². The number of benzene rings is 2. The molecule has 0 aliphatic rings. The fourth-order valence-electron chi connectivity index (χ4n) is 3.00. The second kappa shape index (κ2) is 11.7. The van der Waals surface area contributed by atoms with Gasteiger partial charge in [0.15, 0.2) is 18.1 Å². The van der Waals surface area contributed by atoms with Gasteiger partial charge in [-0.3, -0.25) is 4.79 Å². The molecule has 0 unspecified atom stereocenters. The summed E-state index contributed by atoms with van der Waals surface area (Å²) in [4.78, 5) is 37.0. The fraction of sp³-hybridized carbons (Fsp3) is 0.160. The molecule has 0 spiro atoms. The third-order valence-corrected chi connectivity index (χ3v) is 5.46. The van der Waals surface area contributed by atoms with Crippen LogP contribution in [0.1, 0.15) is 22.8 Å². The van der Waals surface area contributed by atoms with Crippen molar-refractivity contribution < 1.29 is 33.7 Å². The van der Waals surface area contributed by atoms with Crippen molar-refractivity contribution >= 4 is 40.3 Å². The number of aromatic hydroxyl groups is 1. The second-order valence-electron chi connectivity index (χ2n) is 6.86. The highest BCUT2D eigenvalue weighted by molar-refractivity contribution is 7.15. The van der Waals surface area contributed by atoms with E-state index in [1.165, 1.54) is 30.6 Å². The molecule has 0 radical (unpaired) electrons. The Balaban J connectivity index is 1.65. The van der Waals surface area contributed by atoms with Gasteiger partial charge in [-0.15, -0.1) is 11.3 Å². The minimum atomic E-state index is -0.732. The summed E-state index contributed by atoms with van der Waals surface area (Å²) in [6.07, 6.45) is 2.62. The van der Waals surface area contributed by atoms with Gasteiger partial charge in [-0.2, -0.15) is 0 Å². The summed E-state index contributed by atoms with van der Waals surface area (Å²) < 4.78 is 15.2. The number of nitrogens with one attached hydrogen (secondary N) is 1. The standard InChI is InChI=1S/C25H23NO7S/c1-3-32-25(30)23-18(17-7-5-4-6-8-17)15-34-24(23)26-21(28)14-33-22(29)12-10-16-9-11-19(27)20(13-16)31-2/h4-13,15,27H,3,14H2,1-2H3,(H,26,28). The molecule has 0 bridgehead atoms. The van der Waals surface area contributed by atoms with Gasteiger partial charge in [-0.25, -0.2) is 9.59 Å². The zero-order valence-corrected chi connectivity index (χ0v) is 19.4. The van der Waals surface area contributed by atoms with Crippen LogP contribution >= 0.6 is 11.3 Å². The van der Waals surface area contributed by atoms with Crippen LogP contribution in [0.25, 0.3) is 17.2 Å². The Morgan fingerprint density at radius 3 is 2.56 bits per heavy atom. The Morgan fingerprint density at radius 1 is 1.09 bits per heavy atom. The molecule has 0 aliphatic carbocycles. The summed E-state index contributed by atoms with van der Waals surface area (Å²) in [5, 5.41) is 14.3. The molecular formula is C25H23NO7S. The molecule has 34 heavy (non-hydrogen) atoms. The lowest BCUT2D eigenvalue weighted by Gasteiger charge is -2.09. The fourth-order valence-corrected chi connectivity index (χ4v) is 3.97. The van der Waals surface area contributed by atoms with Crippen LogP contribution in [0.5, 0.6) is 11.5 Å². The number of thiophene rings is 1. The molecule has 0 fully saturated rings. The van der Waals surface area contributed by atoms with Gasteiger partial charge < -0.3 is 24.6 Å². The van der Waals surface area contributed by atoms with E-state index in [2.05, 4.69) is 5.32 Å². The van der Waals surface area contributed by atoms with Crippen molar-refractivity contribution in [2.24, 2.45) is 0 Å². The van der Waals surface area contributed by atoms with E-state index >= 15 is 0 Å². The van der Waals surface area contributed by atoms with Gasteiger partial charge in [-0.1, -0.05) is 36.4 Å². The van der Waals surface area contributed by atoms with Crippen molar-refractivity contribution in [1.82, 2.24) is 0 Å². The summed E-state index contributed by atoms with van der Waals surface area (Å²) in [6.45, 7) is 1.35. The molecule has 1 heterocycles. The van der Waals surface area contributed by atoms with Crippen molar-refractivity contribution in [2.75, 3.05) is 25.6 Å². The topological polar surface area (TPSA) is 111 Å². The van der Waals surface area contributed by atoms with Crippen LogP contribution in [-0.4, -0.2) is 43.3 Å². The molecule has 3 aromatic rings. The molecule has 1 aromatic heterocycles. The number of rotatable bonds is 9. The molecule has 0 saturated heterocycles. The van der Waals surface area contributed by atoms with E-state index < -0.39 is 24.5 Å². The van der Waals surface area contributed by atoms with E-state index in [0.717, 1.165) is 11.6 Å². The molecule has 8 nitrogen and oxygen atoms in total. The number of hydrogen-bond acceptors (Lipinski definition) is 8. The van der Waals surface area contributed by atoms with Crippen LogP contribution in [0.15, 0.2) is 60.0 Å². The smallest absolute Gasteiger partial charge is 0.341 e. The van der Waals surface area contributed by atoms with Gasteiger partial charge >= 0.3 is 11.9 Å². The summed E-state index contributed by atoms with van der Waals surface area (Å²) >= 11 is 1.18. The molecule has 2 N–H and O–H groups in total. The summed E-state index contributed by atoms with van der Waals surface area (Å²) in [5.41, 5.74) is 2.30. The summed E-state index contributed by atoms with van der Waals surface area (Å²) in [5.74, 6) is -1.64. The maximum Gasteiger partial charge on any atom is 0.341 e. The van der Waals surface area contributed by atoms with Crippen molar-refractivity contribution in [3.8, 4) is 22.6 Å². The lowest BCUT2D eigenvalue weighted by molar-refractivity contribution is -0.142. The Hall–Kier alpha value is -4.11. The number of carbonyl (C=O) groups excluding carboxylic acids is 3. The number of hydrogen-bond donors (Lipinski definition) is 2. The number of esters is 2. The SMILES string of the molecule is CCOC(=O)c1c(-c2ccccc2)csc1NC(=O)COC(=O)C=Cc1ccc(O)c(OC)c1. The average molecular weight is 482 g/mol. The predicted molar refractivity (Wildman–Crippen MR) is 129 cm³/mol. The van der Waals surface area contributed by atoms with Crippen LogP contribution in [0, 0.1) is 0 Å².